The molecule has 0 amide bonds. The molecule has 0 saturated carbocycles. The molecule has 0 bridgehead atoms. The van der Waals surface area contributed by atoms with E-state index in [0.717, 1.165) is 6.42 Å². The highest BCUT2D eigenvalue weighted by Crippen LogP contribution is 2.20. The fourth-order valence-corrected chi connectivity index (χ4v) is 1.24. The monoisotopic (exact) mass is 149 g/mol. The maximum absolute atomic E-state index is 12.0. The Hall–Kier alpha value is -0.180. The first-order valence-corrected chi connectivity index (χ1v) is 3.71. The van der Waals surface area contributed by atoms with Crippen LogP contribution in [0.4, 0.5) is 8.78 Å². The van der Waals surface area contributed by atoms with Crippen LogP contribution in [0.3, 0.4) is 0 Å². The second-order valence-corrected chi connectivity index (χ2v) is 2.98. The van der Waals surface area contributed by atoms with Gasteiger partial charge in [-0.25, -0.2) is 8.78 Å². The molecule has 1 nitrogen and oxygen atoms in total. The van der Waals surface area contributed by atoms with E-state index in [4.69, 9.17) is 0 Å². The summed E-state index contributed by atoms with van der Waals surface area (Å²) in [5.41, 5.74) is 0. The van der Waals surface area contributed by atoms with Crippen molar-refractivity contribution < 1.29 is 8.78 Å². The standard InChI is InChI=1S/C7H13F2N/c1-5-2-3-6(4-10-5)7(8)9/h5-7,10H,2-4H2,1H3/t5-,6+/m0/s1. The van der Waals surface area contributed by atoms with Crippen LogP contribution in [0.25, 0.3) is 0 Å². The molecule has 1 N–H and O–H groups in total. The van der Waals surface area contributed by atoms with Crippen molar-refractivity contribution in [2.24, 2.45) is 5.92 Å². The van der Waals surface area contributed by atoms with Crippen molar-refractivity contribution in [3.8, 4) is 0 Å². The minimum Gasteiger partial charge on any atom is -0.314 e. The summed E-state index contributed by atoms with van der Waals surface area (Å²) in [5.74, 6) is -0.406. The van der Waals surface area contributed by atoms with Crippen LogP contribution in [0.5, 0.6) is 0 Å². The van der Waals surface area contributed by atoms with Gasteiger partial charge in [0.15, 0.2) is 0 Å². The lowest BCUT2D eigenvalue weighted by molar-refractivity contribution is 0.0577. The van der Waals surface area contributed by atoms with E-state index < -0.39 is 12.3 Å². The Morgan fingerprint density at radius 2 is 2.10 bits per heavy atom. The zero-order chi connectivity index (χ0) is 7.56. The Morgan fingerprint density at radius 1 is 1.40 bits per heavy atom. The molecule has 0 aromatic rings. The Bertz CT molecular complexity index is 97.8. The molecule has 0 aromatic carbocycles. The maximum Gasteiger partial charge on any atom is 0.242 e. The van der Waals surface area contributed by atoms with Gasteiger partial charge in [0.2, 0.25) is 6.43 Å². The highest BCUT2D eigenvalue weighted by molar-refractivity contribution is 4.75. The van der Waals surface area contributed by atoms with E-state index in [1.807, 2.05) is 6.92 Å². The van der Waals surface area contributed by atoms with Crippen LogP contribution in [-0.4, -0.2) is 19.0 Å². The molecule has 0 radical (unpaired) electrons. The van der Waals surface area contributed by atoms with E-state index in [9.17, 15) is 8.78 Å². The number of nitrogens with one attached hydrogen (secondary N) is 1. The second-order valence-electron chi connectivity index (χ2n) is 2.98. The van der Waals surface area contributed by atoms with E-state index in [1.54, 1.807) is 0 Å². The summed E-state index contributed by atoms with van der Waals surface area (Å²) in [6.45, 7) is 2.51. The molecule has 1 aliphatic rings. The molecule has 2 atom stereocenters. The number of piperidine rings is 1. The van der Waals surface area contributed by atoms with Gasteiger partial charge in [-0.05, 0) is 19.8 Å². The lowest BCUT2D eigenvalue weighted by Gasteiger charge is -2.26. The van der Waals surface area contributed by atoms with E-state index in [2.05, 4.69) is 5.32 Å². The van der Waals surface area contributed by atoms with Crippen LogP contribution in [0, 0.1) is 5.92 Å². The van der Waals surface area contributed by atoms with E-state index in [0.29, 0.717) is 19.0 Å². The molecule has 1 saturated heterocycles. The van der Waals surface area contributed by atoms with Crippen LogP contribution >= 0.6 is 0 Å². The van der Waals surface area contributed by atoms with Crippen LogP contribution in [0.15, 0.2) is 0 Å². The molecule has 0 unspecified atom stereocenters. The fraction of sp³-hybridized carbons (Fsp3) is 1.00. The molecular weight excluding hydrogens is 136 g/mol. The SMILES string of the molecule is C[C@H]1CC[C@@H](C(F)F)CN1. The number of alkyl halides is 2. The van der Waals surface area contributed by atoms with Gasteiger partial charge >= 0.3 is 0 Å². The average Bonchev–Trinajstić information content (AvgIpc) is 1.88. The predicted molar refractivity (Wildman–Crippen MR) is 36.2 cm³/mol. The Balaban J connectivity index is 2.26. The largest absolute Gasteiger partial charge is 0.314 e. The number of hydrogen-bond acceptors (Lipinski definition) is 1. The maximum atomic E-state index is 12.0. The molecule has 3 heteroatoms. The van der Waals surface area contributed by atoms with Crippen molar-refractivity contribution in [3.05, 3.63) is 0 Å². The van der Waals surface area contributed by atoms with Crippen LogP contribution in [-0.2, 0) is 0 Å². The highest BCUT2D eigenvalue weighted by atomic mass is 19.3. The zero-order valence-electron chi connectivity index (χ0n) is 6.11. The van der Waals surface area contributed by atoms with Crippen molar-refractivity contribution in [2.75, 3.05) is 6.54 Å². The van der Waals surface area contributed by atoms with Crippen LogP contribution in [0.1, 0.15) is 19.8 Å². The summed E-state index contributed by atoms with van der Waals surface area (Å²) >= 11 is 0. The predicted octanol–water partition coefficient (Wildman–Crippen LogP) is 1.64. The number of rotatable bonds is 1. The van der Waals surface area contributed by atoms with Gasteiger partial charge < -0.3 is 5.32 Å². The normalized spacial score (nSPS) is 34.8. The van der Waals surface area contributed by atoms with Crippen molar-refractivity contribution in [1.29, 1.82) is 0 Å². The summed E-state index contributed by atoms with van der Waals surface area (Å²) in [4.78, 5) is 0. The first kappa shape index (κ1) is 7.92. The summed E-state index contributed by atoms with van der Waals surface area (Å²) in [7, 11) is 0. The molecule has 1 fully saturated rings. The van der Waals surface area contributed by atoms with Crippen LogP contribution in [0.2, 0.25) is 0 Å². The lowest BCUT2D eigenvalue weighted by atomic mass is 9.96. The van der Waals surface area contributed by atoms with E-state index in [1.165, 1.54) is 0 Å². The van der Waals surface area contributed by atoms with Gasteiger partial charge in [0.05, 0.1) is 0 Å². The van der Waals surface area contributed by atoms with Gasteiger partial charge in [-0.1, -0.05) is 0 Å². The zero-order valence-corrected chi connectivity index (χ0v) is 6.11. The molecule has 1 rings (SSSR count). The van der Waals surface area contributed by atoms with Crippen molar-refractivity contribution in [3.63, 3.8) is 0 Å². The average molecular weight is 149 g/mol. The summed E-state index contributed by atoms with van der Waals surface area (Å²) in [6.07, 6.45) is -0.583. The van der Waals surface area contributed by atoms with Crippen molar-refractivity contribution >= 4 is 0 Å². The third-order valence-electron chi connectivity index (χ3n) is 2.06. The molecule has 1 aliphatic heterocycles. The fourth-order valence-electron chi connectivity index (χ4n) is 1.24. The number of halogens is 2. The summed E-state index contributed by atoms with van der Waals surface area (Å²) in [6, 6.07) is 0.426. The quantitative estimate of drug-likeness (QED) is 0.597. The highest BCUT2D eigenvalue weighted by Gasteiger charge is 2.24. The minimum atomic E-state index is -2.14. The van der Waals surface area contributed by atoms with Crippen molar-refractivity contribution in [2.45, 2.75) is 32.2 Å². The van der Waals surface area contributed by atoms with Crippen LogP contribution < -0.4 is 5.32 Å². The van der Waals surface area contributed by atoms with Crippen molar-refractivity contribution in [1.82, 2.24) is 5.32 Å². The molecule has 1 heterocycles. The smallest absolute Gasteiger partial charge is 0.242 e. The molecule has 0 spiro atoms. The minimum absolute atomic E-state index is 0.406. The summed E-state index contributed by atoms with van der Waals surface area (Å²) < 4.78 is 24.0. The Kier molecular flexibility index (Phi) is 2.60. The molecule has 60 valence electrons. The first-order valence-electron chi connectivity index (χ1n) is 3.71. The van der Waals surface area contributed by atoms with Gasteiger partial charge in [-0.15, -0.1) is 0 Å². The van der Waals surface area contributed by atoms with Gasteiger partial charge in [-0.2, -0.15) is 0 Å². The molecule has 0 aromatic heterocycles. The summed E-state index contributed by atoms with van der Waals surface area (Å²) in [5, 5.41) is 3.03. The van der Waals surface area contributed by atoms with E-state index in [-0.39, 0.29) is 0 Å². The van der Waals surface area contributed by atoms with Gasteiger partial charge in [-0.3, -0.25) is 0 Å². The van der Waals surface area contributed by atoms with Gasteiger partial charge in [0.1, 0.15) is 0 Å². The molecule has 0 aliphatic carbocycles. The molecular formula is C7H13F2N. The first-order chi connectivity index (χ1) is 4.70. The second kappa shape index (κ2) is 3.28. The third kappa shape index (κ3) is 1.90. The topological polar surface area (TPSA) is 12.0 Å². The number of hydrogen-bond donors (Lipinski definition) is 1. The third-order valence-corrected chi connectivity index (χ3v) is 2.06. The van der Waals surface area contributed by atoms with Gasteiger partial charge in [0, 0.05) is 18.5 Å². The Labute approximate surface area is 59.8 Å². The Morgan fingerprint density at radius 3 is 2.50 bits per heavy atom. The molecule has 10 heavy (non-hydrogen) atoms. The van der Waals surface area contributed by atoms with Gasteiger partial charge in [0.25, 0.3) is 0 Å². The lowest BCUT2D eigenvalue weighted by Crippen LogP contribution is -2.39. The van der Waals surface area contributed by atoms with E-state index >= 15 is 0 Å².